The lowest BCUT2D eigenvalue weighted by Crippen LogP contribution is -2.46. The number of nitrogens with zero attached hydrogens (tertiary/aromatic N) is 1. The van der Waals surface area contributed by atoms with Crippen LogP contribution in [0.3, 0.4) is 0 Å². The molecule has 2 rings (SSSR count). The van der Waals surface area contributed by atoms with Crippen LogP contribution in [0, 0.1) is 11.8 Å². The van der Waals surface area contributed by atoms with Crippen LogP contribution in [0.25, 0.3) is 0 Å². The SMILES string of the molecule is CC1CCCN(CC(C)NC(=O)C2CCC(N)C2)C1. The highest BCUT2D eigenvalue weighted by atomic mass is 16.1. The van der Waals surface area contributed by atoms with Crippen LogP contribution in [0.15, 0.2) is 0 Å². The van der Waals surface area contributed by atoms with Crippen LogP contribution in [0.4, 0.5) is 0 Å². The lowest BCUT2D eigenvalue weighted by molar-refractivity contribution is -0.125. The van der Waals surface area contributed by atoms with E-state index in [1.165, 1.54) is 25.9 Å². The summed E-state index contributed by atoms with van der Waals surface area (Å²) in [4.78, 5) is 14.6. The number of nitrogens with one attached hydrogen (secondary N) is 1. The first-order valence-corrected chi connectivity index (χ1v) is 7.83. The van der Waals surface area contributed by atoms with Crippen molar-refractivity contribution < 1.29 is 4.79 Å². The maximum absolute atomic E-state index is 12.1. The van der Waals surface area contributed by atoms with Crippen LogP contribution in [0.1, 0.15) is 46.0 Å². The van der Waals surface area contributed by atoms with Gasteiger partial charge in [-0.2, -0.15) is 0 Å². The van der Waals surface area contributed by atoms with Crippen molar-refractivity contribution in [1.29, 1.82) is 0 Å². The molecule has 0 spiro atoms. The average molecular weight is 267 g/mol. The van der Waals surface area contributed by atoms with Crippen molar-refractivity contribution in [2.24, 2.45) is 17.6 Å². The Morgan fingerprint density at radius 3 is 2.84 bits per heavy atom. The Kier molecular flexibility index (Phi) is 5.22. The van der Waals surface area contributed by atoms with E-state index in [9.17, 15) is 4.79 Å². The van der Waals surface area contributed by atoms with E-state index in [1.54, 1.807) is 0 Å². The highest BCUT2D eigenvalue weighted by Gasteiger charge is 2.28. The number of carbonyl (C=O) groups is 1. The van der Waals surface area contributed by atoms with Gasteiger partial charge < -0.3 is 16.0 Å². The van der Waals surface area contributed by atoms with Gasteiger partial charge in [-0.3, -0.25) is 4.79 Å². The number of likely N-dealkylation sites (tertiary alicyclic amines) is 1. The van der Waals surface area contributed by atoms with Crippen LogP contribution < -0.4 is 11.1 Å². The van der Waals surface area contributed by atoms with Gasteiger partial charge in [0.25, 0.3) is 0 Å². The van der Waals surface area contributed by atoms with Gasteiger partial charge >= 0.3 is 0 Å². The van der Waals surface area contributed by atoms with Gasteiger partial charge in [0.2, 0.25) is 5.91 Å². The topological polar surface area (TPSA) is 58.4 Å². The molecule has 0 aromatic rings. The summed E-state index contributed by atoms with van der Waals surface area (Å²) in [5.74, 6) is 1.16. The summed E-state index contributed by atoms with van der Waals surface area (Å²) >= 11 is 0. The first-order chi connectivity index (χ1) is 9.04. The number of nitrogens with two attached hydrogens (primary N) is 1. The minimum Gasteiger partial charge on any atom is -0.352 e. The van der Waals surface area contributed by atoms with Crippen molar-refractivity contribution in [2.75, 3.05) is 19.6 Å². The molecular weight excluding hydrogens is 238 g/mol. The van der Waals surface area contributed by atoms with E-state index in [1.807, 2.05) is 0 Å². The van der Waals surface area contributed by atoms with Gasteiger partial charge in [-0.1, -0.05) is 6.92 Å². The average Bonchev–Trinajstić information content (AvgIpc) is 2.75. The number of rotatable bonds is 4. The fraction of sp³-hybridized carbons (Fsp3) is 0.933. The molecule has 110 valence electrons. The minimum absolute atomic E-state index is 0.151. The van der Waals surface area contributed by atoms with E-state index >= 15 is 0 Å². The van der Waals surface area contributed by atoms with Gasteiger partial charge in [-0.05, 0) is 51.5 Å². The molecule has 1 amide bonds. The molecule has 3 N–H and O–H groups in total. The second-order valence-corrected chi connectivity index (χ2v) is 6.69. The Morgan fingerprint density at radius 2 is 2.21 bits per heavy atom. The first-order valence-electron chi connectivity index (χ1n) is 7.83. The molecule has 0 bridgehead atoms. The van der Waals surface area contributed by atoms with Crippen molar-refractivity contribution >= 4 is 5.91 Å². The summed E-state index contributed by atoms with van der Waals surface area (Å²) in [6.45, 7) is 7.77. The third-order valence-electron chi connectivity index (χ3n) is 4.51. The highest BCUT2D eigenvalue weighted by molar-refractivity contribution is 5.79. The molecular formula is C15H29N3O. The summed E-state index contributed by atoms with van der Waals surface area (Å²) < 4.78 is 0. The van der Waals surface area contributed by atoms with E-state index in [4.69, 9.17) is 5.73 Å². The molecule has 4 unspecified atom stereocenters. The third-order valence-corrected chi connectivity index (χ3v) is 4.51. The van der Waals surface area contributed by atoms with Crippen molar-refractivity contribution in [3.8, 4) is 0 Å². The van der Waals surface area contributed by atoms with Crippen molar-refractivity contribution in [2.45, 2.75) is 58.0 Å². The summed E-state index contributed by atoms with van der Waals surface area (Å²) in [7, 11) is 0. The second-order valence-electron chi connectivity index (χ2n) is 6.69. The molecule has 1 saturated carbocycles. The molecule has 1 aliphatic carbocycles. The molecule has 19 heavy (non-hydrogen) atoms. The number of hydrogen-bond acceptors (Lipinski definition) is 3. The van der Waals surface area contributed by atoms with Crippen LogP contribution >= 0.6 is 0 Å². The van der Waals surface area contributed by atoms with Crippen LogP contribution in [0.2, 0.25) is 0 Å². The monoisotopic (exact) mass is 267 g/mol. The zero-order valence-corrected chi connectivity index (χ0v) is 12.4. The van der Waals surface area contributed by atoms with Crippen molar-refractivity contribution in [3.05, 3.63) is 0 Å². The summed E-state index contributed by atoms with van der Waals surface area (Å²) in [5.41, 5.74) is 5.87. The Labute approximate surface area is 117 Å². The number of amides is 1. The summed E-state index contributed by atoms with van der Waals surface area (Å²) in [6, 6.07) is 0.476. The Morgan fingerprint density at radius 1 is 1.42 bits per heavy atom. The molecule has 2 fully saturated rings. The van der Waals surface area contributed by atoms with Crippen molar-refractivity contribution in [3.63, 3.8) is 0 Å². The predicted molar refractivity (Wildman–Crippen MR) is 77.8 cm³/mol. The number of carbonyl (C=O) groups excluding carboxylic acids is 1. The molecule has 0 aromatic heterocycles. The third kappa shape index (κ3) is 4.46. The van der Waals surface area contributed by atoms with Gasteiger partial charge in [0.1, 0.15) is 0 Å². The van der Waals surface area contributed by atoms with Gasteiger partial charge in [0.15, 0.2) is 0 Å². The van der Waals surface area contributed by atoms with E-state index in [-0.39, 0.29) is 23.9 Å². The molecule has 0 radical (unpaired) electrons. The minimum atomic E-state index is 0.151. The first kappa shape index (κ1) is 14.8. The molecule has 2 aliphatic rings. The Bertz CT molecular complexity index is 308. The fourth-order valence-corrected chi connectivity index (χ4v) is 3.50. The molecule has 4 nitrogen and oxygen atoms in total. The molecule has 1 saturated heterocycles. The van der Waals surface area contributed by atoms with Crippen molar-refractivity contribution in [1.82, 2.24) is 10.2 Å². The van der Waals surface area contributed by atoms with Gasteiger partial charge in [-0.25, -0.2) is 0 Å². The van der Waals surface area contributed by atoms with E-state index < -0.39 is 0 Å². The molecule has 4 heteroatoms. The van der Waals surface area contributed by atoms with Crippen LogP contribution in [-0.2, 0) is 4.79 Å². The number of piperidine rings is 1. The van der Waals surface area contributed by atoms with Gasteiger partial charge in [-0.15, -0.1) is 0 Å². The van der Waals surface area contributed by atoms with Gasteiger partial charge in [0.05, 0.1) is 0 Å². The zero-order chi connectivity index (χ0) is 13.8. The summed E-state index contributed by atoms with van der Waals surface area (Å²) in [5, 5.41) is 3.17. The number of hydrogen-bond donors (Lipinski definition) is 2. The zero-order valence-electron chi connectivity index (χ0n) is 12.4. The normalized spacial score (nSPS) is 34.2. The molecule has 1 heterocycles. The lowest BCUT2D eigenvalue weighted by Gasteiger charge is -2.33. The van der Waals surface area contributed by atoms with E-state index in [0.29, 0.717) is 0 Å². The lowest BCUT2D eigenvalue weighted by atomic mass is 10.00. The maximum Gasteiger partial charge on any atom is 0.223 e. The van der Waals surface area contributed by atoms with Crippen LogP contribution in [-0.4, -0.2) is 42.5 Å². The Hall–Kier alpha value is -0.610. The van der Waals surface area contributed by atoms with E-state index in [2.05, 4.69) is 24.1 Å². The standard InChI is InChI=1S/C15H29N3O/c1-11-4-3-7-18(9-11)10-12(2)17-15(19)13-5-6-14(16)8-13/h11-14H,3-10,16H2,1-2H3,(H,17,19). The Balaban J connectivity index is 1.71. The largest absolute Gasteiger partial charge is 0.352 e. The molecule has 0 aromatic carbocycles. The van der Waals surface area contributed by atoms with E-state index in [0.717, 1.165) is 31.7 Å². The maximum atomic E-state index is 12.1. The van der Waals surface area contributed by atoms with Crippen LogP contribution in [0.5, 0.6) is 0 Å². The highest BCUT2D eigenvalue weighted by Crippen LogP contribution is 2.24. The summed E-state index contributed by atoms with van der Waals surface area (Å²) in [6.07, 6.45) is 5.45. The second kappa shape index (κ2) is 6.71. The smallest absolute Gasteiger partial charge is 0.223 e. The fourth-order valence-electron chi connectivity index (χ4n) is 3.50. The quantitative estimate of drug-likeness (QED) is 0.808. The van der Waals surface area contributed by atoms with Gasteiger partial charge in [0, 0.05) is 31.1 Å². The molecule has 4 atom stereocenters. The molecule has 1 aliphatic heterocycles. The predicted octanol–water partition coefficient (Wildman–Crippen LogP) is 1.35.